The Bertz CT molecular complexity index is 718. The molecular weight excluding hydrogens is 394 g/mol. The maximum atomic E-state index is 12.5. The van der Waals surface area contributed by atoms with Gasteiger partial charge in [0.2, 0.25) is 0 Å². The Labute approximate surface area is 164 Å². The molecule has 2 aromatic rings. The molecule has 0 atom stereocenters. The monoisotopic (exact) mass is 419 g/mol. The SMILES string of the molecule is CCCCCCOc1ccc(C(=O)Nc2cccc(OCC)c2)cc1Br. The molecule has 4 nitrogen and oxygen atoms in total. The highest BCUT2D eigenvalue weighted by atomic mass is 79.9. The fourth-order valence-corrected chi connectivity index (χ4v) is 3.00. The van der Waals surface area contributed by atoms with Crippen LogP contribution < -0.4 is 14.8 Å². The van der Waals surface area contributed by atoms with Gasteiger partial charge in [0, 0.05) is 17.3 Å². The summed E-state index contributed by atoms with van der Waals surface area (Å²) in [6, 6.07) is 12.7. The van der Waals surface area contributed by atoms with Crippen molar-refractivity contribution < 1.29 is 14.3 Å². The van der Waals surface area contributed by atoms with Crippen LogP contribution in [0.4, 0.5) is 5.69 Å². The molecule has 0 aliphatic rings. The highest BCUT2D eigenvalue weighted by Crippen LogP contribution is 2.27. The molecule has 140 valence electrons. The van der Waals surface area contributed by atoms with Gasteiger partial charge in [0.15, 0.2) is 0 Å². The Morgan fingerprint density at radius 2 is 1.88 bits per heavy atom. The molecule has 1 amide bonds. The minimum Gasteiger partial charge on any atom is -0.494 e. The highest BCUT2D eigenvalue weighted by molar-refractivity contribution is 9.10. The van der Waals surface area contributed by atoms with Gasteiger partial charge in [-0.1, -0.05) is 32.3 Å². The number of rotatable bonds is 10. The molecule has 0 aliphatic carbocycles. The second kappa shape index (κ2) is 10.9. The standard InChI is InChI=1S/C21H26BrNO3/c1-3-5-6-7-13-26-20-12-11-16(14-19(20)22)21(24)23-17-9-8-10-18(15-17)25-4-2/h8-12,14-15H,3-7,13H2,1-2H3,(H,23,24). The molecule has 26 heavy (non-hydrogen) atoms. The van der Waals surface area contributed by atoms with Gasteiger partial charge in [-0.15, -0.1) is 0 Å². The van der Waals surface area contributed by atoms with Crippen molar-refractivity contribution in [3.05, 3.63) is 52.5 Å². The molecule has 0 aliphatic heterocycles. The van der Waals surface area contributed by atoms with Gasteiger partial charge < -0.3 is 14.8 Å². The summed E-state index contributed by atoms with van der Waals surface area (Å²) in [6.45, 7) is 5.39. The lowest BCUT2D eigenvalue weighted by Gasteiger charge is -2.11. The predicted molar refractivity (Wildman–Crippen MR) is 109 cm³/mol. The summed E-state index contributed by atoms with van der Waals surface area (Å²) in [4.78, 5) is 12.5. The Morgan fingerprint density at radius 3 is 2.62 bits per heavy atom. The molecule has 0 radical (unpaired) electrons. The van der Waals surface area contributed by atoms with Crippen LogP contribution in [0.3, 0.4) is 0 Å². The smallest absolute Gasteiger partial charge is 0.255 e. The maximum absolute atomic E-state index is 12.5. The zero-order valence-electron chi connectivity index (χ0n) is 15.4. The van der Waals surface area contributed by atoms with Gasteiger partial charge in [-0.2, -0.15) is 0 Å². The van der Waals surface area contributed by atoms with E-state index in [0.717, 1.165) is 22.4 Å². The van der Waals surface area contributed by atoms with Crippen molar-refractivity contribution in [2.45, 2.75) is 39.5 Å². The van der Waals surface area contributed by atoms with Gasteiger partial charge in [-0.25, -0.2) is 0 Å². The van der Waals surface area contributed by atoms with E-state index in [1.807, 2.05) is 37.3 Å². The molecule has 5 heteroatoms. The largest absolute Gasteiger partial charge is 0.494 e. The zero-order chi connectivity index (χ0) is 18.8. The van der Waals surface area contributed by atoms with Crippen molar-refractivity contribution in [3.63, 3.8) is 0 Å². The van der Waals surface area contributed by atoms with Crippen LogP contribution in [0.15, 0.2) is 46.9 Å². The topological polar surface area (TPSA) is 47.6 Å². The highest BCUT2D eigenvalue weighted by Gasteiger charge is 2.10. The third-order valence-corrected chi connectivity index (χ3v) is 4.47. The van der Waals surface area contributed by atoms with Gasteiger partial charge >= 0.3 is 0 Å². The van der Waals surface area contributed by atoms with E-state index in [-0.39, 0.29) is 5.91 Å². The second-order valence-electron chi connectivity index (χ2n) is 5.97. The van der Waals surface area contributed by atoms with Crippen LogP contribution in [-0.2, 0) is 0 Å². The third-order valence-electron chi connectivity index (χ3n) is 3.85. The predicted octanol–water partition coefficient (Wildman–Crippen LogP) is 6.06. The first-order valence-corrected chi connectivity index (χ1v) is 9.90. The van der Waals surface area contributed by atoms with Crippen LogP contribution in [0.1, 0.15) is 49.9 Å². The number of benzene rings is 2. The van der Waals surface area contributed by atoms with E-state index in [4.69, 9.17) is 9.47 Å². The summed E-state index contributed by atoms with van der Waals surface area (Å²) in [5.41, 5.74) is 1.27. The number of ether oxygens (including phenoxy) is 2. The molecule has 2 rings (SSSR count). The Hall–Kier alpha value is -2.01. The minimum atomic E-state index is -0.172. The fraction of sp³-hybridized carbons (Fsp3) is 0.381. The van der Waals surface area contributed by atoms with Gasteiger partial charge in [0.1, 0.15) is 11.5 Å². The molecule has 1 N–H and O–H groups in total. The van der Waals surface area contributed by atoms with Crippen molar-refractivity contribution in [1.29, 1.82) is 0 Å². The lowest BCUT2D eigenvalue weighted by molar-refractivity contribution is 0.102. The van der Waals surface area contributed by atoms with Gasteiger partial charge in [-0.3, -0.25) is 4.79 Å². The van der Waals surface area contributed by atoms with Crippen LogP contribution in [0, 0.1) is 0 Å². The average molecular weight is 420 g/mol. The molecule has 0 spiro atoms. The van der Waals surface area contributed by atoms with Gasteiger partial charge in [-0.05, 0) is 59.6 Å². The quantitative estimate of drug-likeness (QED) is 0.476. The Balaban J connectivity index is 1.95. The van der Waals surface area contributed by atoms with Crippen LogP contribution >= 0.6 is 15.9 Å². The number of unbranched alkanes of at least 4 members (excludes halogenated alkanes) is 3. The van der Waals surface area contributed by atoms with Crippen molar-refractivity contribution in [1.82, 2.24) is 0 Å². The fourth-order valence-electron chi connectivity index (χ4n) is 2.50. The van der Waals surface area contributed by atoms with Crippen LogP contribution in [0.2, 0.25) is 0 Å². The lowest BCUT2D eigenvalue weighted by Crippen LogP contribution is -2.12. The van der Waals surface area contributed by atoms with E-state index in [9.17, 15) is 4.79 Å². The van der Waals surface area contributed by atoms with E-state index < -0.39 is 0 Å². The minimum absolute atomic E-state index is 0.172. The molecule has 0 saturated carbocycles. The summed E-state index contributed by atoms with van der Waals surface area (Å²) in [5, 5.41) is 2.89. The molecule has 0 fully saturated rings. The van der Waals surface area contributed by atoms with E-state index >= 15 is 0 Å². The van der Waals surface area contributed by atoms with E-state index in [0.29, 0.717) is 24.5 Å². The van der Waals surface area contributed by atoms with E-state index in [1.165, 1.54) is 19.3 Å². The number of hydrogen-bond acceptors (Lipinski definition) is 3. The Kier molecular flexibility index (Phi) is 8.48. The van der Waals surface area contributed by atoms with Gasteiger partial charge in [0.25, 0.3) is 5.91 Å². The molecule has 2 aromatic carbocycles. The number of anilines is 1. The average Bonchev–Trinajstić information content (AvgIpc) is 2.63. The summed E-state index contributed by atoms with van der Waals surface area (Å²) in [7, 11) is 0. The maximum Gasteiger partial charge on any atom is 0.255 e. The first-order valence-electron chi connectivity index (χ1n) is 9.10. The first kappa shape index (κ1) is 20.3. The van der Waals surface area contributed by atoms with E-state index in [1.54, 1.807) is 12.1 Å². The molecular formula is C21H26BrNO3. The van der Waals surface area contributed by atoms with Crippen LogP contribution in [0.5, 0.6) is 11.5 Å². The van der Waals surface area contributed by atoms with Crippen molar-refractivity contribution in [2.24, 2.45) is 0 Å². The van der Waals surface area contributed by atoms with Gasteiger partial charge in [0.05, 0.1) is 17.7 Å². The molecule has 0 bridgehead atoms. The van der Waals surface area contributed by atoms with Crippen molar-refractivity contribution in [3.8, 4) is 11.5 Å². The first-order chi connectivity index (χ1) is 12.6. The second-order valence-corrected chi connectivity index (χ2v) is 6.82. The zero-order valence-corrected chi connectivity index (χ0v) is 17.0. The Morgan fingerprint density at radius 1 is 1.04 bits per heavy atom. The molecule has 0 heterocycles. The molecule has 0 aromatic heterocycles. The number of nitrogens with one attached hydrogen (secondary N) is 1. The summed E-state index contributed by atoms with van der Waals surface area (Å²) in [6.07, 6.45) is 4.66. The summed E-state index contributed by atoms with van der Waals surface area (Å²) in [5.74, 6) is 1.32. The van der Waals surface area contributed by atoms with Crippen LogP contribution in [-0.4, -0.2) is 19.1 Å². The van der Waals surface area contributed by atoms with Crippen molar-refractivity contribution >= 4 is 27.5 Å². The summed E-state index contributed by atoms with van der Waals surface area (Å²) < 4.78 is 12.0. The number of carbonyl (C=O) groups is 1. The summed E-state index contributed by atoms with van der Waals surface area (Å²) >= 11 is 3.49. The molecule has 0 unspecified atom stereocenters. The lowest BCUT2D eigenvalue weighted by atomic mass is 10.2. The van der Waals surface area contributed by atoms with Crippen LogP contribution in [0.25, 0.3) is 0 Å². The van der Waals surface area contributed by atoms with Crippen molar-refractivity contribution in [2.75, 3.05) is 18.5 Å². The molecule has 0 saturated heterocycles. The number of amides is 1. The van der Waals surface area contributed by atoms with E-state index in [2.05, 4.69) is 28.2 Å². The number of hydrogen-bond donors (Lipinski definition) is 1. The number of halogens is 1. The third kappa shape index (κ3) is 6.37. The number of carbonyl (C=O) groups excluding carboxylic acids is 1. The normalized spacial score (nSPS) is 10.4.